The van der Waals surface area contributed by atoms with E-state index in [1.54, 1.807) is 10.9 Å². The molecule has 6 nitrogen and oxygen atoms in total. The minimum atomic E-state index is -0.119. The first-order valence-corrected chi connectivity index (χ1v) is 5.86. The fourth-order valence-electron chi connectivity index (χ4n) is 1.78. The second kappa shape index (κ2) is 5.03. The summed E-state index contributed by atoms with van der Waals surface area (Å²) in [5, 5.41) is 20.6. The van der Waals surface area contributed by atoms with Gasteiger partial charge in [0.05, 0.1) is 12.8 Å². The first-order valence-electron chi connectivity index (χ1n) is 5.86. The predicted molar refractivity (Wildman–Crippen MR) is 67.0 cm³/mol. The van der Waals surface area contributed by atoms with Crippen LogP contribution >= 0.6 is 0 Å². The van der Waals surface area contributed by atoms with Gasteiger partial charge in [-0.25, -0.2) is 4.68 Å². The van der Waals surface area contributed by atoms with E-state index in [-0.39, 0.29) is 6.61 Å². The Bertz CT molecular complexity index is 660. The average Bonchev–Trinajstić information content (AvgIpc) is 3.09. The molecule has 6 heteroatoms. The van der Waals surface area contributed by atoms with Crippen LogP contribution in [0.1, 0.15) is 11.5 Å². The van der Waals surface area contributed by atoms with Gasteiger partial charge in [0.2, 0.25) is 0 Å². The summed E-state index contributed by atoms with van der Waals surface area (Å²) in [7, 11) is 0. The molecule has 0 fully saturated rings. The summed E-state index contributed by atoms with van der Waals surface area (Å²) in [6.07, 6.45) is 1.67. The summed E-state index contributed by atoms with van der Waals surface area (Å²) in [4.78, 5) is 0. The minimum Gasteiger partial charge on any atom is -0.390 e. The van der Waals surface area contributed by atoms with Crippen LogP contribution in [0.15, 0.2) is 47.1 Å². The van der Waals surface area contributed by atoms with Crippen LogP contribution in [0.5, 0.6) is 0 Å². The maximum atomic E-state index is 8.92. The van der Waals surface area contributed by atoms with E-state index in [1.165, 1.54) is 0 Å². The van der Waals surface area contributed by atoms with Crippen molar-refractivity contribution in [2.24, 2.45) is 0 Å². The van der Waals surface area contributed by atoms with Crippen molar-refractivity contribution in [1.82, 2.24) is 20.2 Å². The van der Waals surface area contributed by atoms with Crippen molar-refractivity contribution in [2.45, 2.75) is 13.2 Å². The number of aliphatic hydroxyl groups excluding tert-OH is 1. The van der Waals surface area contributed by atoms with Crippen LogP contribution in [0.25, 0.3) is 11.3 Å². The summed E-state index contributed by atoms with van der Waals surface area (Å²) in [6, 6.07) is 11.7. The molecule has 2 heterocycles. The molecule has 0 aliphatic carbocycles. The van der Waals surface area contributed by atoms with Crippen LogP contribution in [0.3, 0.4) is 0 Å². The highest BCUT2D eigenvalue weighted by atomic mass is 16.5. The van der Waals surface area contributed by atoms with Crippen LogP contribution in [0, 0.1) is 0 Å². The second-order valence-corrected chi connectivity index (χ2v) is 4.11. The molecule has 96 valence electrons. The van der Waals surface area contributed by atoms with Gasteiger partial charge in [0, 0.05) is 11.6 Å². The van der Waals surface area contributed by atoms with E-state index in [4.69, 9.17) is 9.63 Å². The van der Waals surface area contributed by atoms with Gasteiger partial charge in [0.15, 0.2) is 5.76 Å². The largest absolute Gasteiger partial charge is 0.390 e. The summed E-state index contributed by atoms with van der Waals surface area (Å²) < 4.78 is 6.86. The summed E-state index contributed by atoms with van der Waals surface area (Å²) in [6.45, 7) is 0.318. The molecular formula is C13H12N4O2. The van der Waals surface area contributed by atoms with Crippen LogP contribution in [-0.4, -0.2) is 25.3 Å². The molecule has 0 saturated heterocycles. The second-order valence-electron chi connectivity index (χ2n) is 4.11. The van der Waals surface area contributed by atoms with Gasteiger partial charge in [-0.3, -0.25) is 0 Å². The zero-order valence-electron chi connectivity index (χ0n) is 10.1. The summed E-state index contributed by atoms with van der Waals surface area (Å²) in [5.41, 5.74) is 2.33. The number of rotatable bonds is 4. The first kappa shape index (κ1) is 11.6. The Morgan fingerprint density at radius 1 is 1.21 bits per heavy atom. The van der Waals surface area contributed by atoms with Crippen molar-refractivity contribution in [3.05, 3.63) is 54.0 Å². The third kappa shape index (κ3) is 2.53. The van der Waals surface area contributed by atoms with Crippen LogP contribution in [0.2, 0.25) is 0 Å². The Kier molecular flexibility index (Phi) is 3.07. The van der Waals surface area contributed by atoms with Crippen molar-refractivity contribution in [3.63, 3.8) is 0 Å². The van der Waals surface area contributed by atoms with Crippen LogP contribution < -0.4 is 0 Å². The number of hydrogen-bond acceptors (Lipinski definition) is 5. The SMILES string of the molecule is OCc1cn(Cc2cc(-c3ccccc3)no2)nn1. The van der Waals surface area contributed by atoms with Crippen molar-refractivity contribution >= 4 is 0 Å². The Morgan fingerprint density at radius 2 is 2.05 bits per heavy atom. The lowest BCUT2D eigenvalue weighted by Gasteiger charge is -1.93. The number of nitrogens with zero attached hydrogens (tertiary/aromatic N) is 4. The lowest BCUT2D eigenvalue weighted by Crippen LogP contribution is -1.98. The Balaban J connectivity index is 1.78. The molecule has 1 aromatic carbocycles. The number of aromatic nitrogens is 4. The average molecular weight is 256 g/mol. The Hall–Kier alpha value is -2.47. The van der Waals surface area contributed by atoms with Gasteiger partial charge in [-0.15, -0.1) is 5.10 Å². The normalized spacial score (nSPS) is 10.8. The number of benzene rings is 1. The Morgan fingerprint density at radius 3 is 2.79 bits per heavy atom. The number of aliphatic hydroxyl groups is 1. The molecular weight excluding hydrogens is 244 g/mol. The highest BCUT2D eigenvalue weighted by Gasteiger charge is 2.08. The highest BCUT2D eigenvalue weighted by molar-refractivity contribution is 5.58. The maximum absolute atomic E-state index is 8.92. The fourth-order valence-corrected chi connectivity index (χ4v) is 1.78. The zero-order chi connectivity index (χ0) is 13.1. The third-order valence-electron chi connectivity index (χ3n) is 2.69. The monoisotopic (exact) mass is 256 g/mol. The minimum absolute atomic E-state index is 0.119. The molecule has 3 rings (SSSR count). The van der Waals surface area contributed by atoms with Gasteiger partial charge < -0.3 is 9.63 Å². The van der Waals surface area contributed by atoms with E-state index in [9.17, 15) is 0 Å². The molecule has 0 atom stereocenters. The highest BCUT2D eigenvalue weighted by Crippen LogP contribution is 2.18. The van der Waals surface area contributed by atoms with Crippen molar-refractivity contribution < 1.29 is 9.63 Å². The fraction of sp³-hybridized carbons (Fsp3) is 0.154. The van der Waals surface area contributed by atoms with Crippen molar-refractivity contribution in [1.29, 1.82) is 0 Å². The molecule has 0 radical (unpaired) electrons. The summed E-state index contributed by atoms with van der Waals surface area (Å²) in [5.74, 6) is 0.688. The lowest BCUT2D eigenvalue weighted by molar-refractivity contribution is 0.276. The first-order chi connectivity index (χ1) is 9.35. The van der Waals surface area contributed by atoms with Gasteiger partial charge in [-0.05, 0) is 0 Å². The zero-order valence-corrected chi connectivity index (χ0v) is 10.1. The van der Waals surface area contributed by atoms with Gasteiger partial charge in [0.25, 0.3) is 0 Å². The smallest absolute Gasteiger partial charge is 0.158 e. The molecule has 19 heavy (non-hydrogen) atoms. The van der Waals surface area contributed by atoms with Gasteiger partial charge >= 0.3 is 0 Å². The Labute approximate surface area is 109 Å². The van der Waals surface area contributed by atoms with Crippen LogP contribution in [0.4, 0.5) is 0 Å². The quantitative estimate of drug-likeness (QED) is 0.765. The van der Waals surface area contributed by atoms with Gasteiger partial charge in [-0.1, -0.05) is 40.7 Å². The molecule has 0 amide bonds. The van der Waals surface area contributed by atoms with E-state index >= 15 is 0 Å². The van der Waals surface area contributed by atoms with Gasteiger partial charge in [-0.2, -0.15) is 0 Å². The van der Waals surface area contributed by atoms with E-state index in [0.717, 1.165) is 11.3 Å². The van der Waals surface area contributed by atoms with E-state index in [0.29, 0.717) is 18.0 Å². The molecule has 0 spiro atoms. The molecule has 0 unspecified atom stereocenters. The third-order valence-corrected chi connectivity index (χ3v) is 2.69. The van der Waals surface area contributed by atoms with Crippen molar-refractivity contribution in [3.8, 4) is 11.3 Å². The molecule has 2 aromatic heterocycles. The molecule has 0 aliphatic heterocycles. The maximum Gasteiger partial charge on any atom is 0.158 e. The van der Waals surface area contributed by atoms with Crippen LogP contribution in [-0.2, 0) is 13.2 Å². The van der Waals surface area contributed by atoms with Gasteiger partial charge in [0.1, 0.15) is 17.9 Å². The topological polar surface area (TPSA) is 77.0 Å². The van der Waals surface area contributed by atoms with E-state index in [1.807, 2.05) is 36.4 Å². The molecule has 0 aliphatic rings. The predicted octanol–water partition coefficient (Wildman–Crippen LogP) is 1.47. The lowest BCUT2D eigenvalue weighted by atomic mass is 10.1. The molecule has 0 saturated carbocycles. The molecule has 3 aromatic rings. The molecule has 1 N–H and O–H groups in total. The van der Waals surface area contributed by atoms with E-state index < -0.39 is 0 Å². The summed E-state index contributed by atoms with van der Waals surface area (Å²) >= 11 is 0. The standard InChI is InChI=1S/C13H12N4O2/c18-9-11-7-17(16-14-11)8-12-6-13(15-19-12)10-4-2-1-3-5-10/h1-7,18H,8-9H2. The van der Waals surface area contributed by atoms with Crippen molar-refractivity contribution in [2.75, 3.05) is 0 Å². The molecule has 0 bridgehead atoms. The van der Waals surface area contributed by atoms with E-state index in [2.05, 4.69) is 15.5 Å². The number of hydrogen-bond donors (Lipinski definition) is 1.